The normalized spacial score (nSPS) is 13.3. The van der Waals surface area contributed by atoms with Crippen molar-refractivity contribution in [1.29, 1.82) is 0 Å². The zero-order valence-electron chi connectivity index (χ0n) is 10.8. The number of thiazole rings is 1. The van der Waals surface area contributed by atoms with Crippen LogP contribution in [0.15, 0.2) is 28.1 Å². The molecule has 0 amide bonds. The first-order valence-corrected chi connectivity index (χ1v) is 7.50. The van der Waals surface area contributed by atoms with E-state index >= 15 is 0 Å². The van der Waals surface area contributed by atoms with E-state index < -0.39 is 11.7 Å². The van der Waals surface area contributed by atoms with Crippen LogP contribution in [0.25, 0.3) is 0 Å². The average Bonchev–Trinajstić information content (AvgIpc) is 2.77. The van der Waals surface area contributed by atoms with Crippen molar-refractivity contribution in [2.24, 2.45) is 0 Å². The number of nitrogens with one attached hydrogen (secondary N) is 1. The molecule has 1 heterocycles. The molecule has 1 N–H and O–H groups in total. The standard InChI is InChI=1S/C13H12BrF3N2S/c1-7(12-6-20-8(2)19-12)18-11-5-9(13(15,16)17)3-4-10(11)14/h3-7,18H,1-2H3. The lowest BCUT2D eigenvalue weighted by molar-refractivity contribution is -0.137. The lowest BCUT2D eigenvalue weighted by Gasteiger charge is -2.16. The molecule has 7 heteroatoms. The van der Waals surface area contributed by atoms with Crippen molar-refractivity contribution >= 4 is 33.0 Å². The SMILES string of the molecule is Cc1nc(C(C)Nc2cc(C(F)(F)F)ccc2Br)cs1. The summed E-state index contributed by atoms with van der Waals surface area (Å²) < 4.78 is 38.7. The zero-order valence-corrected chi connectivity index (χ0v) is 13.2. The van der Waals surface area contributed by atoms with Crippen LogP contribution in [0.4, 0.5) is 18.9 Å². The van der Waals surface area contributed by atoms with E-state index in [2.05, 4.69) is 26.2 Å². The summed E-state index contributed by atoms with van der Waals surface area (Å²) in [7, 11) is 0. The van der Waals surface area contributed by atoms with E-state index in [0.29, 0.717) is 10.2 Å². The summed E-state index contributed by atoms with van der Waals surface area (Å²) in [6.45, 7) is 3.75. The van der Waals surface area contributed by atoms with E-state index in [9.17, 15) is 13.2 Å². The Morgan fingerprint density at radius 1 is 1.35 bits per heavy atom. The van der Waals surface area contributed by atoms with Crippen molar-refractivity contribution < 1.29 is 13.2 Å². The lowest BCUT2D eigenvalue weighted by Crippen LogP contribution is -2.10. The molecule has 1 aromatic carbocycles. The molecule has 0 aliphatic heterocycles. The number of nitrogens with zero attached hydrogens (tertiary/aromatic N) is 1. The highest BCUT2D eigenvalue weighted by Gasteiger charge is 2.31. The lowest BCUT2D eigenvalue weighted by atomic mass is 10.1. The molecule has 1 atom stereocenters. The first-order chi connectivity index (χ1) is 9.27. The highest BCUT2D eigenvalue weighted by molar-refractivity contribution is 9.10. The van der Waals surface area contributed by atoms with Crippen LogP contribution in [0.3, 0.4) is 0 Å². The fourth-order valence-corrected chi connectivity index (χ4v) is 2.77. The third kappa shape index (κ3) is 3.52. The predicted molar refractivity (Wildman–Crippen MR) is 78.0 cm³/mol. The second-order valence-corrected chi connectivity index (χ2v) is 6.27. The number of rotatable bonds is 3. The van der Waals surface area contributed by atoms with Crippen LogP contribution in [-0.4, -0.2) is 4.98 Å². The summed E-state index contributed by atoms with van der Waals surface area (Å²) in [5, 5.41) is 5.87. The van der Waals surface area contributed by atoms with Crippen LogP contribution < -0.4 is 5.32 Å². The molecule has 0 fully saturated rings. The van der Waals surface area contributed by atoms with Gasteiger partial charge in [-0.1, -0.05) is 0 Å². The molecule has 1 unspecified atom stereocenters. The van der Waals surface area contributed by atoms with Gasteiger partial charge < -0.3 is 5.32 Å². The Bertz CT molecular complexity index is 610. The highest BCUT2D eigenvalue weighted by atomic mass is 79.9. The Balaban J connectivity index is 2.24. The van der Waals surface area contributed by atoms with Crippen molar-refractivity contribution in [3.8, 4) is 0 Å². The van der Waals surface area contributed by atoms with Gasteiger partial charge in [0.25, 0.3) is 0 Å². The average molecular weight is 365 g/mol. The van der Waals surface area contributed by atoms with Crippen molar-refractivity contribution in [1.82, 2.24) is 4.98 Å². The number of alkyl halides is 3. The van der Waals surface area contributed by atoms with Gasteiger partial charge in [-0.2, -0.15) is 13.2 Å². The maximum atomic E-state index is 12.7. The van der Waals surface area contributed by atoms with Gasteiger partial charge in [-0.25, -0.2) is 4.98 Å². The summed E-state index contributed by atoms with van der Waals surface area (Å²) in [6.07, 6.45) is -4.35. The van der Waals surface area contributed by atoms with Crippen LogP contribution in [0.1, 0.15) is 29.2 Å². The Hall–Kier alpha value is -1.08. The van der Waals surface area contributed by atoms with Crippen molar-refractivity contribution in [2.75, 3.05) is 5.32 Å². The Morgan fingerprint density at radius 2 is 2.05 bits per heavy atom. The molecule has 2 rings (SSSR count). The largest absolute Gasteiger partial charge is 0.416 e. The summed E-state index contributed by atoms with van der Waals surface area (Å²) in [5.41, 5.74) is 0.541. The predicted octanol–water partition coefficient (Wildman–Crippen LogP) is 5.41. The minimum Gasteiger partial charge on any atom is -0.376 e. The number of aromatic nitrogens is 1. The van der Waals surface area contributed by atoms with Gasteiger partial charge in [-0.15, -0.1) is 11.3 Å². The molecule has 0 radical (unpaired) electrons. The van der Waals surface area contributed by atoms with E-state index in [1.807, 2.05) is 19.2 Å². The molecular weight excluding hydrogens is 353 g/mol. The van der Waals surface area contributed by atoms with Gasteiger partial charge in [0.15, 0.2) is 0 Å². The van der Waals surface area contributed by atoms with Crippen molar-refractivity contribution in [3.63, 3.8) is 0 Å². The molecule has 1 aromatic heterocycles. The molecule has 0 aliphatic rings. The Kier molecular flexibility index (Phi) is 4.39. The highest BCUT2D eigenvalue weighted by Crippen LogP contribution is 2.35. The van der Waals surface area contributed by atoms with E-state index in [4.69, 9.17) is 0 Å². The summed E-state index contributed by atoms with van der Waals surface area (Å²) in [6, 6.07) is 3.37. The van der Waals surface area contributed by atoms with Gasteiger partial charge in [0.05, 0.1) is 22.3 Å². The third-order valence-electron chi connectivity index (χ3n) is 2.75. The molecule has 108 valence electrons. The molecule has 2 aromatic rings. The van der Waals surface area contributed by atoms with Gasteiger partial charge in [-0.05, 0) is 48.0 Å². The second-order valence-electron chi connectivity index (χ2n) is 4.35. The zero-order chi connectivity index (χ0) is 14.9. The molecule has 0 saturated heterocycles. The number of halogens is 4. The molecule has 20 heavy (non-hydrogen) atoms. The summed E-state index contributed by atoms with van der Waals surface area (Å²) >= 11 is 4.77. The van der Waals surface area contributed by atoms with Gasteiger partial charge >= 0.3 is 6.18 Å². The van der Waals surface area contributed by atoms with Gasteiger partial charge in [0.2, 0.25) is 0 Å². The van der Waals surface area contributed by atoms with Gasteiger partial charge in [0, 0.05) is 15.5 Å². The van der Waals surface area contributed by atoms with Crippen LogP contribution in [-0.2, 0) is 6.18 Å². The first-order valence-electron chi connectivity index (χ1n) is 5.82. The quantitative estimate of drug-likeness (QED) is 0.787. The molecule has 2 nitrogen and oxygen atoms in total. The number of hydrogen-bond acceptors (Lipinski definition) is 3. The number of benzene rings is 1. The van der Waals surface area contributed by atoms with Crippen molar-refractivity contribution in [3.05, 3.63) is 44.3 Å². The topological polar surface area (TPSA) is 24.9 Å². The van der Waals surface area contributed by atoms with Crippen LogP contribution in [0, 0.1) is 6.92 Å². The van der Waals surface area contributed by atoms with Gasteiger partial charge in [-0.3, -0.25) is 0 Å². The fraction of sp³-hybridized carbons (Fsp3) is 0.308. The molecule has 0 bridgehead atoms. The Morgan fingerprint density at radius 3 is 2.60 bits per heavy atom. The fourth-order valence-electron chi connectivity index (χ4n) is 1.70. The second kappa shape index (κ2) is 5.73. The summed E-state index contributed by atoms with van der Waals surface area (Å²) in [4.78, 5) is 4.33. The number of hydrogen-bond donors (Lipinski definition) is 1. The minimum absolute atomic E-state index is 0.167. The van der Waals surface area contributed by atoms with E-state index in [1.165, 1.54) is 17.4 Å². The third-order valence-corrected chi connectivity index (χ3v) is 4.23. The van der Waals surface area contributed by atoms with Gasteiger partial charge in [0.1, 0.15) is 0 Å². The number of anilines is 1. The van der Waals surface area contributed by atoms with Crippen LogP contribution in [0.2, 0.25) is 0 Å². The molecule has 0 aliphatic carbocycles. The Labute approximate surface area is 127 Å². The summed E-state index contributed by atoms with van der Waals surface area (Å²) in [5.74, 6) is 0. The minimum atomic E-state index is -4.35. The maximum absolute atomic E-state index is 12.7. The first kappa shape index (κ1) is 15.3. The molecule has 0 saturated carbocycles. The monoisotopic (exact) mass is 364 g/mol. The number of aryl methyl sites for hydroxylation is 1. The molecular formula is C13H12BrF3N2S. The smallest absolute Gasteiger partial charge is 0.376 e. The van der Waals surface area contributed by atoms with Crippen LogP contribution >= 0.6 is 27.3 Å². The van der Waals surface area contributed by atoms with E-state index in [-0.39, 0.29) is 6.04 Å². The molecule has 0 spiro atoms. The van der Waals surface area contributed by atoms with E-state index in [0.717, 1.165) is 22.8 Å². The maximum Gasteiger partial charge on any atom is 0.416 e. The van der Waals surface area contributed by atoms with Crippen molar-refractivity contribution in [2.45, 2.75) is 26.1 Å². The van der Waals surface area contributed by atoms with Crippen LogP contribution in [0.5, 0.6) is 0 Å². The van der Waals surface area contributed by atoms with E-state index in [1.54, 1.807) is 0 Å².